The maximum atomic E-state index is 11.4. The van der Waals surface area contributed by atoms with Gasteiger partial charge < -0.3 is 21.1 Å². The van der Waals surface area contributed by atoms with Gasteiger partial charge in [0.15, 0.2) is 0 Å². The quantitative estimate of drug-likeness (QED) is 0.837. The summed E-state index contributed by atoms with van der Waals surface area (Å²) >= 11 is 0. The van der Waals surface area contributed by atoms with Crippen molar-refractivity contribution in [3.05, 3.63) is 17.8 Å². The molecule has 4 N–H and O–H groups in total. The minimum Gasteiger partial charge on any atom is -0.397 e. The van der Waals surface area contributed by atoms with Gasteiger partial charge in [-0.05, 0) is 25.3 Å². The van der Waals surface area contributed by atoms with Crippen LogP contribution in [0.5, 0.6) is 0 Å². The number of amides is 1. The van der Waals surface area contributed by atoms with E-state index in [2.05, 4.69) is 4.98 Å². The Hall–Kier alpha value is -1.82. The summed E-state index contributed by atoms with van der Waals surface area (Å²) in [5.74, 6) is 0.0297. The van der Waals surface area contributed by atoms with Gasteiger partial charge in [-0.1, -0.05) is 0 Å². The SMILES string of the molecule is CN(CC1CCCCO1)c1ncc(N)cc1C(N)=O. The molecule has 0 radical (unpaired) electrons. The van der Waals surface area contributed by atoms with Crippen LogP contribution in [0.1, 0.15) is 29.6 Å². The molecule has 1 aromatic heterocycles. The van der Waals surface area contributed by atoms with Crippen LogP contribution in [0.4, 0.5) is 11.5 Å². The zero-order valence-electron chi connectivity index (χ0n) is 11.1. The number of likely N-dealkylation sites (N-methyl/N-ethyl adjacent to an activating group) is 1. The van der Waals surface area contributed by atoms with Crippen molar-refractivity contribution in [2.24, 2.45) is 5.73 Å². The first-order valence-corrected chi connectivity index (χ1v) is 6.46. The zero-order chi connectivity index (χ0) is 13.8. The molecule has 19 heavy (non-hydrogen) atoms. The zero-order valence-corrected chi connectivity index (χ0v) is 11.1. The number of nitrogens with zero attached hydrogens (tertiary/aromatic N) is 2. The number of anilines is 2. The highest BCUT2D eigenvalue weighted by atomic mass is 16.5. The first-order valence-electron chi connectivity index (χ1n) is 6.46. The fraction of sp³-hybridized carbons (Fsp3) is 0.538. The summed E-state index contributed by atoms with van der Waals surface area (Å²) in [4.78, 5) is 17.5. The summed E-state index contributed by atoms with van der Waals surface area (Å²) in [5.41, 5.74) is 11.8. The second kappa shape index (κ2) is 5.88. The van der Waals surface area contributed by atoms with E-state index in [9.17, 15) is 4.79 Å². The van der Waals surface area contributed by atoms with E-state index in [0.717, 1.165) is 19.4 Å². The summed E-state index contributed by atoms with van der Waals surface area (Å²) in [6, 6.07) is 1.56. The van der Waals surface area contributed by atoms with Gasteiger partial charge in [0.2, 0.25) is 0 Å². The summed E-state index contributed by atoms with van der Waals surface area (Å²) < 4.78 is 5.68. The van der Waals surface area contributed by atoms with Crippen molar-refractivity contribution in [1.29, 1.82) is 0 Å². The molecule has 1 aliphatic rings. The van der Waals surface area contributed by atoms with Gasteiger partial charge in [0, 0.05) is 20.2 Å². The second-order valence-electron chi connectivity index (χ2n) is 4.87. The largest absolute Gasteiger partial charge is 0.397 e. The molecule has 104 valence electrons. The Morgan fingerprint density at radius 1 is 1.58 bits per heavy atom. The minimum atomic E-state index is -0.522. The molecule has 0 saturated carbocycles. The van der Waals surface area contributed by atoms with E-state index in [-0.39, 0.29) is 6.10 Å². The number of hydrogen-bond donors (Lipinski definition) is 2. The predicted octanol–water partition coefficient (Wildman–Crippen LogP) is 0.768. The van der Waals surface area contributed by atoms with Crippen LogP contribution in [-0.2, 0) is 4.74 Å². The maximum absolute atomic E-state index is 11.4. The number of nitrogen functional groups attached to an aromatic ring is 1. The van der Waals surface area contributed by atoms with Gasteiger partial charge in [0.25, 0.3) is 5.91 Å². The van der Waals surface area contributed by atoms with Gasteiger partial charge in [-0.3, -0.25) is 4.79 Å². The average molecular weight is 264 g/mol. The summed E-state index contributed by atoms with van der Waals surface area (Å²) in [6.45, 7) is 1.49. The van der Waals surface area contributed by atoms with Gasteiger partial charge in [-0.2, -0.15) is 0 Å². The number of hydrogen-bond acceptors (Lipinski definition) is 5. The molecule has 2 heterocycles. The average Bonchev–Trinajstić information content (AvgIpc) is 2.39. The lowest BCUT2D eigenvalue weighted by Gasteiger charge is -2.28. The first kappa shape index (κ1) is 13.6. The third-order valence-electron chi connectivity index (χ3n) is 3.27. The number of rotatable bonds is 4. The van der Waals surface area contributed by atoms with Crippen molar-refractivity contribution in [3.8, 4) is 0 Å². The first-order chi connectivity index (χ1) is 9.08. The second-order valence-corrected chi connectivity index (χ2v) is 4.87. The van der Waals surface area contributed by atoms with Crippen LogP contribution in [0.3, 0.4) is 0 Å². The molecule has 0 aromatic carbocycles. The fourth-order valence-electron chi connectivity index (χ4n) is 2.30. The molecule has 1 aliphatic heterocycles. The minimum absolute atomic E-state index is 0.179. The van der Waals surface area contributed by atoms with Crippen LogP contribution in [0.25, 0.3) is 0 Å². The molecular formula is C13H20N4O2. The number of primary amides is 1. The molecule has 1 aromatic rings. The Morgan fingerprint density at radius 3 is 3.00 bits per heavy atom. The molecule has 1 saturated heterocycles. The van der Waals surface area contributed by atoms with E-state index in [1.807, 2.05) is 11.9 Å². The topological polar surface area (TPSA) is 94.5 Å². The molecule has 1 fully saturated rings. The smallest absolute Gasteiger partial charge is 0.252 e. The highest BCUT2D eigenvalue weighted by Gasteiger charge is 2.20. The Bertz CT molecular complexity index is 458. The van der Waals surface area contributed by atoms with Crippen molar-refractivity contribution < 1.29 is 9.53 Å². The number of nitrogens with two attached hydrogens (primary N) is 2. The molecule has 2 rings (SSSR count). The van der Waals surface area contributed by atoms with Crippen molar-refractivity contribution in [1.82, 2.24) is 4.98 Å². The summed E-state index contributed by atoms with van der Waals surface area (Å²) in [7, 11) is 1.88. The third-order valence-corrected chi connectivity index (χ3v) is 3.27. The van der Waals surface area contributed by atoms with Crippen LogP contribution in [0.2, 0.25) is 0 Å². The monoisotopic (exact) mass is 264 g/mol. The van der Waals surface area contributed by atoms with E-state index in [0.29, 0.717) is 23.6 Å². The fourth-order valence-corrected chi connectivity index (χ4v) is 2.30. The number of pyridine rings is 1. The number of carbonyl (C=O) groups is 1. The van der Waals surface area contributed by atoms with E-state index in [1.165, 1.54) is 12.6 Å². The van der Waals surface area contributed by atoms with E-state index < -0.39 is 5.91 Å². The van der Waals surface area contributed by atoms with Crippen molar-refractivity contribution in [2.45, 2.75) is 25.4 Å². The lowest BCUT2D eigenvalue weighted by molar-refractivity contribution is 0.0215. The van der Waals surface area contributed by atoms with Gasteiger partial charge in [0.05, 0.1) is 23.6 Å². The Kier molecular flexibility index (Phi) is 4.21. The molecule has 6 heteroatoms. The lowest BCUT2D eigenvalue weighted by Crippen LogP contribution is -2.35. The Balaban J connectivity index is 2.13. The normalized spacial score (nSPS) is 19.1. The van der Waals surface area contributed by atoms with Crippen molar-refractivity contribution >= 4 is 17.4 Å². The standard InChI is InChI=1S/C13H20N4O2/c1-17(8-10-4-2-3-5-19-10)13-11(12(15)18)6-9(14)7-16-13/h6-7,10H,2-5,8,14H2,1H3,(H2,15,18). The number of ether oxygens (including phenoxy) is 1. The van der Waals surface area contributed by atoms with E-state index in [1.54, 1.807) is 6.07 Å². The Morgan fingerprint density at radius 2 is 2.37 bits per heavy atom. The van der Waals surface area contributed by atoms with Gasteiger partial charge in [-0.25, -0.2) is 4.98 Å². The summed E-state index contributed by atoms with van der Waals surface area (Å²) in [6.07, 6.45) is 5.04. The summed E-state index contributed by atoms with van der Waals surface area (Å²) in [5, 5.41) is 0. The molecule has 1 amide bonds. The van der Waals surface area contributed by atoms with Gasteiger partial charge >= 0.3 is 0 Å². The number of aromatic nitrogens is 1. The van der Waals surface area contributed by atoms with E-state index in [4.69, 9.17) is 16.2 Å². The maximum Gasteiger partial charge on any atom is 0.252 e. The van der Waals surface area contributed by atoms with Crippen molar-refractivity contribution in [2.75, 3.05) is 30.8 Å². The van der Waals surface area contributed by atoms with Gasteiger partial charge in [0.1, 0.15) is 5.82 Å². The van der Waals surface area contributed by atoms with Crippen LogP contribution in [0.15, 0.2) is 12.3 Å². The molecule has 0 spiro atoms. The lowest BCUT2D eigenvalue weighted by atomic mass is 10.1. The van der Waals surface area contributed by atoms with Crippen LogP contribution in [-0.4, -0.2) is 37.2 Å². The predicted molar refractivity (Wildman–Crippen MR) is 74.0 cm³/mol. The molecule has 0 bridgehead atoms. The molecular weight excluding hydrogens is 244 g/mol. The molecule has 0 aliphatic carbocycles. The van der Waals surface area contributed by atoms with Crippen LogP contribution in [0, 0.1) is 0 Å². The highest BCUT2D eigenvalue weighted by Crippen LogP contribution is 2.21. The molecule has 1 atom stereocenters. The van der Waals surface area contributed by atoms with Crippen LogP contribution < -0.4 is 16.4 Å². The van der Waals surface area contributed by atoms with E-state index >= 15 is 0 Å². The van der Waals surface area contributed by atoms with Crippen molar-refractivity contribution in [3.63, 3.8) is 0 Å². The number of carbonyl (C=O) groups excluding carboxylic acids is 1. The molecule has 1 unspecified atom stereocenters. The van der Waals surface area contributed by atoms with Gasteiger partial charge in [-0.15, -0.1) is 0 Å². The Labute approximate surface area is 112 Å². The highest BCUT2D eigenvalue weighted by molar-refractivity contribution is 5.98. The third kappa shape index (κ3) is 3.35. The van der Waals surface area contributed by atoms with Crippen LogP contribution >= 0.6 is 0 Å². The molecule has 6 nitrogen and oxygen atoms in total.